The largest absolute Gasteiger partial charge is 0.493 e. The second kappa shape index (κ2) is 7.20. The summed E-state index contributed by atoms with van der Waals surface area (Å²) in [4.78, 5) is 8.43. The molecule has 1 saturated carbocycles. The third-order valence-electron chi connectivity index (χ3n) is 4.78. The monoisotopic (exact) mass is 375 g/mol. The van der Waals surface area contributed by atoms with Gasteiger partial charge in [0.15, 0.2) is 0 Å². The summed E-state index contributed by atoms with van der Waals surface area (Å²) in [6, 6.07) is 7.09. The van der Waals surface area contributed by atoms with E-state index in [1.54, 1.807) is 36.7 Å². The maximum Gasteiger partial charge on any atom is 0.316 e. The topological polar surface area (TPSA) is 90.4 Å². The van der Waals surface area contributed by atoms with E-state index in [1.165, 1.54) is 0 Å². The van der Waals surface area contributed by atoms with Crippen LogP contribution in [-0.4, -0.2) is 37.1 Å². The van der Waals surface area contributed by atoms with E-state index in [4.69, 9.17) is 9.47 Å². The van der Waals surface area contributed by atoms with Crippen LogP contribution in [0.4, 0.5) is 0 Å². The third-order valence-corrected chi connectivity index (χ3v) is 6.30. The zero-order valence-corrected chi connectivity index (χ0v) is 15.1. The van der Waals surface area contributed by atoms with Crippen LogP contribution in [0.3, 0.4) is 0 Å². The smallest absolute Gasteiger partial charge is 0.316 e. The minimum atomic E-state index is -3.53. The van der Waals surface area contributed by atoms with Gasteiger partial charge in [0, 0.05) is 24.9 Å². The molecule has 0 radical (unpaired) electrons. The fourth-order valence-electron chi connectivity index (χ4n) is 3.41. The lowest BCUT2D eigenvalue weighted by atomic mass is 9.94. The van der Waals surface area contributed by atoms with E-state index < -0.39 is 10.0 Å². The van der Waals surface area contributed by atoms with Crippen molar-refractivity contribution in [2.75, 3.05) is 6.61 Å². The Morgan fingerprint density at radius 1 is 1.12 bits per heavy atom. The highest BCUT2D eigenvalue weighted by molar-refractivity contribution is 7.89. The number of aromatic nitrogens is 2. The average Bonchev–Trinajstić information content (AvgIpc) is 3.12. The van der Waals surface area contributed by atoms with Crippen molar-refractivity contribution in [1.29, 1.82) is 0 Å². The van der Waals surface area contributed by atoms with Gasteiger partial charge in [-0.25, -0.2) is 23.1 Å². The molecular weight excluding hydrogens is 354 g/mol. The number of rotatable bonds is 5. The zero-order valence-electron chi connectivity index (χ0n) is 14.3. The lowest BCUT2D eigenvalue weighted by molar-refractivity contribution is 0.132. The fourth-order valence-corrected chi connectivity index (χ4v) is 4.77. The molecule has 1 aromatic carbocycles. The normalized spacial score (nSPS) is 22.5. The molecule has 1 N–H and O–H groups in total. The summed E-state index contributed by atoms with van der Waals surface area (Å²) in [6.45, 7) is 0.613. The molecule has 0 amide bonds. The second-order valence-electron chi connectivity index (χ2n) is 6.61. The third kappa shape index (κ3) is 3.81. The Bertz CT molecular complexity index is 865. The number of nitrogens with zero attached hydrogens (tertiary/aromatic N) is 2. The summed E-state index contributed by atoms with van der Waals surface area (Å²) in [7, 11) is -3.53. The Labute approximate surface area is 152 Å². The average molecular weight is 375 g/mol. The SMILES string of the molecule is O=S(=O)(NC1CCC(Oc2ncccn2)CC1)c1ccc2c(c1)CCO2. The van der Waals surface area contributed by atoms with E-state index in [0.717, 1.165) is 43.4 Å². The number of hydrogen-bond donors (Lipinski definition) is 1. The number of nitrogens with one attached hydrogen (secondary N) is 1. The molecule has 1 aromatic heterocycles. The van der Waals surface area contributed by atoms with Crippen LogP contribution < -0.4 is 14.2 Å². The van der Waals surface area contributed by atoms with Crippen molar-refractivity contribution in [3.63, 3.8) is 0 Å². The van der Waals surface area contributed by atoms with Crippen LogP contribution in [0.1, 0.15) is 31.2 Å². The molecule has 1 aliphatic heterocycles. The molecular formula is C18H21N3O4S. The van der Waals surface area contributed by atoms with Gasteiger partial charge >= 0.3 is 6.01 Å². The zero-order chi connectivity index (χ0) is 18.0. The van der Waals surface area contributed by atoms with Gasteiger partial charge in [-0.3, -0.25) is 0 Å². The quantitative estimate of drug-likeness (QED) is 0.860. The summed E-state index contributed by atoms with van der Waals surface area (Å²) in [6.07, 6.45) is 7.05. The minimum Gasteiger partial charge on any atom is -0.493 e. The van der Waals surface area contributed by atoms with Crippen molar-refractivity contribution in [2.24, 2.45) is 0 Å². The van der Waals surface area contributed by atoms with Gasteiger partial charge in [-0.05, 0) is 55.5 Å². The molecule has 0 atom stereocenters. The van der Waals surface area contributed by atoms with Crippen LogP contribution in [0, 0.1) is 0 Å². The molecule has 1 aliphatic carbocycles. The van der Waals surface area contributed by atoms with Gasteiger partial charge in [-0.15, -0.1) is 0 Å². The minimum absolute atomic E-state index is 0.0234. The van der Waals surface area contributed by atoms with Gasteiger partial charge in [-0.2, -0.15) is 0 Å². The van der Waals surface area contributed by atoms with Crippen molar-refractivity contribution in [3.05, 3.63) is 42.2 Å². The van der Waals surface area contributed by atoms with Gasteiger partial charge in [0.2, 0.25) is 10.0 Å². The summed E-state index contributed by atoms with van der Waals surface area (Å²) in [5, 5.41) is 0. The molecule has 0 bridgehead atoms. The molecule has 4 rings (SSSR count). The molecule has 8 heteroatoms. The Kier molecular flexibility index (Phi) is 4.78. The highest BCUT2D eigenvalue weighted by atomic mass is 32.2. The lowest BCUT2D eigenvalue weighted by Gasteiger charge is -2.28. The van der Waals surface area contributed by atoms with Crippen molar-refractivity contribution in [1.82, 2.24) is 14.7 Å². The van der Waals surface area contributed by atoms with Crippen molar-refractivity contribution in [3.8, 4) is 11.8 Å². The Morgan fingerprint density at radius 3 is 2.65 bits per heavy atom. The van der Waals surface area contributed by atoms with Gasteiger partial charge < -0.3 is 9.47 Å². The predicted octanol–water partition coefficient (Wildman–Crippen LogP) is 2.08. The Hall–Kier alpha value is -2.19. The number of sulfonamides is 1. The highest BCUT2D eigenvalue weighted by Gasteiger charge is 2.27. The maximum absolute atomic E-state index is 12.7. The first-order valence-electron chi connectivity index (χ1n) is 8.82. The molecule has 1 fully saturated rings. The Morgan fingerprint density at radius 2 is 1.88 bits per heavy atom. The Balaban J connectivity index is 1.35. The van der Waals surface area contributed by atoms with E-state index in [0.29, 0.717) is 17.5 Å². The maximum atomic E-state index is 12.7. The van der Waals surface area contributed by atoms with Crippen LogP contribution >= 0.6 is 0 Å². The summed E-state index contributed by atoms with van der Waals surface area (Å²) in [5.41, 5.74) is 0.952. The first kappa shape index (κ1) is 17.2. The van der Waals surface area contributed by atoms with Crippen LogP contribution in [-0.2, 0) is 16.4 Å². The summed E-state index contributed by atoms with van der Waals surface area (Å²) in [5.74, 6) is 0.782. The van der Waals surface area contributed by atoms with Gasteiger partial charge in [0.25, 0.3) is 0 Å². The number of benzene rings is 1. The van der Waals surface area contributed by atoms with Crippen molar-refractivity contribution < 1.29 is 17.9 Å². The van der Waals surface area contributed by atoms with Crippen molar-refractivity contribution >= 4 is 10.0 Å². The number of hydrogen-bond acceptors (Lipinski definition) is 6. The highest BCUT2D eigenvalue weighted by Crippen LogP contribution is 2.28. The van der Waals surface area contributed by atoms with Gasteiger partial charge in [-0.1, -0.05) is 0 Å². The fraction of sp³-hybridized carbons (Fsp3) is 0.444. The van der Waals surface area contributed by atoms with E-state index in [9.17, 15) is 8.42 Å². The first-order valence-corrected chi connectivity index (χ1v) is 10.3. The molecule has 138 valence electrons. The van der Waals surface area contributed by atoms with E-state index in [2.05, 4.69) is 14.7 Å². The van der Waals surface area contributed by atoms with Crippen LogP contribution in [0.15, 0.2) is 41.6 Å². The van der Waals surface area contributed by atoms with Crippen LogP contribution in [0.2, 0.25) is 0 Å². The molecule has 0 saturated heterocycles. The van der Waals surface area contributed by atoms with Crippen LogP contribution in [0.25, 0.3) is 0 Å². The van der Waals surface area contributed by atoms with Gasteiger partial charge in [0.1, 0.15) is 11.9 Å². The first-order chi connectivity index (χ1) is 12.6. The van der Waals surface area contributed by atoms with Gasteiger partial charge in [0.05, 0.1) is 11.5 Å². The van der Waals surface area contributed by atoms with E-state index >= 15 is 0 Å². The number of ether oxygens (including phenoxy) is 2. The van der Waals surface area contributed by atoms with E-state index in [-0.39, 0.29) is 12.1 Å². The molecule has 0 spiro atoms. The molecule has 2 aliphatic rings. The lowest BCUT2D eigenvalue weighted by Crippen LogP contribution is -2.39. The molecule has 7 nitrogen and oxygen atoms in total. The second-order valence-corrected chi connectivity index (χ2v) is 8.33. The predicted molar refractivity (Wildman–Crippen MR) is 94.7 cm³/mol. The van der Waals surface area contributed by atoms with E-state index in [1.807, 2.05) is 0 Å². The number of fused-ring (bicyclic) bond motifs is 1. The molecule has 26 heavy (non-hydrogen) atoms. The molecule has 2 heterocycles. The summed E-state index contributed by atoms with van der Waals surface area (Å²) < 4.78 is 39.4. The standard InChI is InChI=1S/C18H21N3O4S/c22-26(23,16-6-7-17-13(12-16)8-11-24-17)21-14-2-4-15(5-3-14)25-18-19-9-1-10-20-18/h1,6-7,9-10,12,14-15,21H,2-5,8,11H2. The van der Waals surface area contributed by atoms with Crippen molar-refractivity contribution in [2.45, 2.75) is 49.1 Å². The van der Waals surface area contributed by atoms with Crippen LogP contribution in [0.5, 0.6) is 11.8 Å². The molecule has 2 aromatic rings. The summed E-state index contributed by atoms with van der Waals surface area (Å²) >= 11 is 0. The molecule has 0 unspecified atom stereocenters.